The number of sulfone groups is 1. The van der Waals surface area contributed by atoms with Crippen molar-refractivity contribution in [1.29, 1.82) is 0 Å². The molecule has 0 atom stereocenters. The molecule has 0 radical (unpaired) electrons. The number of hydrogen-bond acceptors (Lipinski definition) is 2. The predicted molar refractivity (Wildman–Crippen MR) is 191 cm³/mol. The molecule has 224 valence electrons. The van der Waals surface area contributed by atoms with Crippen LogP contribution in [-0.4, -0.2) is 8.42 Å². The summed E-state index contributed by atoms with van der Waals surface area (Å²) in [5.74, 6) is 0. The van der Waals surface area contributed by atoms with E-state index in [0.29, 0.717) is 9.79 Å². The van der Waals surface area contributed by atoms with Crippen LogP contribution in [0.5, 0.6) is 0 Å². The van der Waals surface area contributed by atoms with Crippen LogP contribution in [0.1, 0.15) is 37.8 Å². The van der Waals surface area contributed by atoms with Crippen LogP contribution in [0.3, 0.4) is 0 Å². The summed E-state index contributed by atoms with van der Waals surface area (Å²) < 4.78 is 26.2. The quantitative estimate of drug-likeness (QED) is 0.175. The lowest BCUT2D eigenvalue weighted by Crippen LogP contribution is -2.29. The third-order valence-corrected chi connectivity index (χ3v) is 12.0. The number of fused-ring (bicyclic) bond motifs is 4. The van der Waals surface area contributed by atoms with E-state index in [1.165, 1.54) is 54.9 Å². The zero-order valence-electron chi connectivity index (χ0n) is 26.0. The van der Waals surface area contributed by atoms with Crippen molar-refractivity contribution >= 4 is 31.4 Å². The number of hydrogen-bond donors (Lipinski definition) is 0. The molecule has 0 fully saturated rings. The summed E-state index contributed by atoms with van der Waals surface area (Å²) in [6.45, 7) is 4.66. The Bertz CT molecular complexity index is 2370. The van der Waals surface area contributed by atoms with Gasteiger partial charge in [-0.1, -0.05) is 135 Å². The van der Waals surface area contributed by atoms with Crippen molar-refractivity contribution in [3.05, 3.63) is 157 Å². The molecule has 7 aromatic carbocycles. The van der Waals surface area contributed by atoms with Crippen LogP contribution in [0.4, 0.5) is 0 Å². The van der Waals surface area contributed by atoms with E-state index in [1.54, 1.807) is 36.4 Å². The summed E-state index contributed by atoms with van der Waals surface area (Å²) in [6, 6.07) is 49.3. The van der Waals surface area contributed by atoms with E-state index >= 15 is 0 Å². The van der Waals surface area contributed by atoms with Crippen LogP contribution in [-0.2, 0) is 15.3 Å². The van der Waals surface area contributed by atoms with E-state index in [0.717, 1.165) is 24.0 Å². The highest BCUT2D eigenvalue weighted by Gasteiger charge is 2.39. The summed E-state index contributed by atoms with van der Waals surface area (Å²) in [5, 5.41) is 5.19. The van der Waals surface area contributed by atoms with Gasteiger partial charge in [-0.25, -0.2) is 8.42 Å². The second-order valence-electron chi connectivity index (χ2n) is 12.3. The molecule has 0 N–H and O–H groups in total. The molecule has 0 bridgehead atoms. The average Bonchev–Trinajstić information content (AvgIpc) is 3.12. The summed E-state index contributed by atoms with van der Waals surface area (Å²) in [4.78, 5) is 0.602. The van der Waals surface area contributed by atoms with Crippen LogP contribution in [0.25, 0.3) is 54.9 Å². The molecule has 2 nitrogen and oxygen atoms in total. The van der Waals surface area contributed by atoms with Crippen molar-refractivity contribution < 1.29 is 8.42 Å². The molecular formula is C43H34O2S. The van der Waals surface area contributed by atoms with Crippen molar-refractivity contribution in [1.82, 2.24) is 0 Å². The van der Waals surface area contributed by atoms with E-state index in [4.69, 9.17) is 0 Å². The van der Waals surface area contributed by atoms with Crippen molar-refractivity contribution in [3.63, 3.8) is 0 Å². The summed E-state index contributed by atoms with van der Waals surface area (Å²) in [5.41, 5.74) is 9.98. The Balaban J connectivity index is 1.28. The van der Waals surface area contributed by atoms with Gasteiger partial charge in [0.25, 0.3) is 0 Å². The van der Waals surface area contributed by atoms with E-state index in [2.05, 4.69) is 105 Å². The second kappa shape index (κ2) is 10.8. The van der Waals surface area contributed by atoms with Crippen LogP contribution >= 0.6 is 0 Å². The Labute approximate surface area is 270 Å². The molecule has 1 aliphatic rings. The van der Waals surface area contributed by atoms with E-state index in [9.17, 15) is 8.42 Å². The minimum atomic E-state index is -3.56. The number of rotatable bonds is 6. The second-order valence-corrected chi connectivity index (χ2v) is 14.2. The SMILES string of the molecule is CCC1(CC)c2ccccc2-c2c3ccccc3c(-c3ccc(-c4ccc(S(=O)(=O)c5ccccc5)cc4)cc3)c3cccc1c23. The molecule has 46 heavy (non-hydrogen) atoms. The fourth-order valence-corrected chi connectivity index (χ4v) is 9.17. The van der Waals surface area contributed by atoms with Gasteiger partial charge in [0.2, 0.25) is 9.84 Å². The van der Waals surface area contributed by atoms with Gasteiger partial charge in [0.1, 0.15) is 0 Å². The summed E-state index contributed by atoms with van der Waals surface area (Å²) in [7, 11) is -3.56. The third kappa shape index (κ3) is 4.12. The third-order valence-electron chi connectivity index (χ3n) is 10.2. The van der Waals surface area contributed by atoms with Gasteiger partial charge in [-0.2, -0.15) is 0 Å². The minimum Gasteiger partial charge on any atom is -0.219 e. The Hall–Kier alpha value is -4.99. The van der Waals surface area contributed by atoms with Crippen LogP contribution in [0.2, 0.25) is 0 Å². The molecule has 8 rings (SSSR count). The fraction of sp³-hybridized carbons (Fsp3) is 0.116. The van der Waals surface area contributed by atoms with Gasteiger partial charge in [-0.15, -0.1) is 0 Å². The van der Waals surface area contributed by atoms with E-state index in [1.807, 2.05) is 18.2 Å². The molecule has 0 heterocycles. The average molecular weight is 615 g/mol. The van der Waals surface area contributed by atoms with E-state index in [-0.39, 0.29) is 5.41 Å². The van der Waals surface area contributed by atoms with Gasteiger partial charge in [-0.3, -0.25) is 0 Å². The fourth-order valence-electron chi connectivity index (χ4n) is 7.89. The Kier molecular flexibility index (Phi) is 6.70. The van der Waals surface area contributed by atoms with Gasteiger partial charge >= 0.3 is 0 Å². The molecule has 7 aromatic rings. The molecule has 3 heteroatoms. The standard InChI is InChI=1S/C43H34O2S/c1-3-43(4-2)38-19-11-10-17-36(38)41-35-16-9-8-15-34(35)40(37-18-12-20-39(43)42(37)41)31-23-21-29(22-24-31)30-25-27-33(28-26-30)46(44,45)32-13-6-5-7-14-32/h5-28H,3-4H2,1-2H3. The van der Waals surface area contributed by atoms with Crippen LogP contribution in [0, 0.1) is 0 Å². The lowest BCUT2D eigenvalue weighted by atomic mass is 9.62. The maximum atomic E-state index is 13.1. The molecule has 0 amide bonds. The zero-order valence-corrected chi connectivity index (χ0v) is 26.8. The summed E-state index contributed by atoms with van der Waals surface area (Å²) in [6.07, 6.45) is 2.09. The first kappa shape index (κ1) is 28.5. The highest BCUT2D eigenvalue weighted by Crippen LogP contribution is 2.55. The van der Waals surface area contributed by atoms with E-state index < -0.39 is 9.84 Å². The van der Waals surface area contributed by atoms with Crippen molar-refractivity contribution in [2.45, 2.75) is 41.9 Å². The predicted octanol–water partition coefficient (Wildman–Crippen LogP) is 11.2. The summed E-state index contributed by atoms with van der Waals surface area (Å²) >= 11 is 0. The topological polar surface area (TPSA) is 34.1 Å². The van der Waals surface area contributed by atoms with Gasteiger partial charge in [0, 0.05) is 5.41 Å². The maximum absolute atomic E-state index is 13.1. The Morgan fingerprint density at radius 1 is 0.457 bits per heavy atom. The lowest BCUT2D eigenvalue weighted by Gasteiger charge is -2.40. The normalized spacial score (nSPS) is 13.5. The van der Waals surface area contributed by atoms with Crippen molar-refractivity contribution in [3.8, 4) is 33.4 Å². The van der Waals surface area contributed by atoms with Crippen LogP contribution < -0.4 is 0 Å². The largest absolute Gasteiger partial charge is 0.219 e. The molecule has 0 unspecified atom stereocenters. The number of benzene rings is 7. The monoisotopic (exact) mass is 614 g/mol. The van der Waals surface area contributed by atoms with Crippen LogP contribution in [0.15, 0.2) is 155 Å². The first-order valence-corrected chi connectivity index (χ1v) is 17.5. The highest BCUT2D eigenvalue weighted by molar-refractivity contribution is 7.91. The molecule has 0 spiro atoms. The Morgan fingerprint density at radius 2 is 0.957 bits per heavy atom. The zero-order chi connectivity index (χ0) is 31.5. The molecule has 1 aliphatic carbocycles. The van der Waals surface area contributed by atoms with Crippen molar-refractivity contribution in [2.75, 3.05) is 0 Å². The maximum Gasteiger partial charge on any atom is 0.206 e. The van der Waals surface area contributed by atoms with Gasteiger partial charge in [-0.05, 0) is 103 Å². The smallest absolute Gasteiger partial charge is 0.206 e. The van der Waals surface area contributed by atoms with Gasteiger partial charge in [0.15, 0.2) is 0 Å². The van der Waals surface area contributed by atoms with Gasteiger partial charge in [0.05, 0.1) is 9.79 Å². The van der Waals surface area contributed by atoms with Gasteiger partial charge < -0.3 is 0 Å². The molecule has 0 aromatic heterocycles. The first-order chi connectivity index (χ1) is 22.5. The molecular weight excluding hydrogens is 581 g/mol. The minimum absolute atomic E-state index is 0.0349. The highest BCUT2D eigenvalue weighted by atomic mass is 32.2. The molecule has 0 saturated heterocycles. The Morgan fingerprint density at radius 3 is 1.63 bits per heavy atom. The first-order valence-electron chi connectivity index (χ1n) is 16.1. The molecule has 0 saturated carbocycles. The molecule has 0 aliphatic heterocycles. The van der Waals surface area contributed by atoms with Crippen molar-refractivity contribution in [2.24, 2.45) is 0 Å². The lowest BCUT2D eigenvalue weighted by molar-refractivity contribution is 0.481.